The molecule has 1 unspecified atom stereocenters. The third-order valence-electron chi connectivity index (χ3n) is 2.86. The van der Waals surface area contributed by atoms with Gasteiger partial charge in [-0.1, -0.05) is 0 Å². The van der Waals surface area contributed by atoms with Crippen LogP contribution in [-0.4, -0.2) is 20.2 Å². The van der Waals surface area contributed by atoms with Crippen LogP contribution in [0.4, 0.5) is 5.69 Å². The lowest BCUT2D eigenvalue weighted by Crippen LogP contribution is -2.27. The summed E-state index contributed by atoms with van der Waals surface area (Å²) in [5.74, 6) is 0.888. The molecule has 1 atom stereocenters. The van der Waals surface area contributed by atoms with E-state index in [2.05, 4.69) is 12.1 Å². The summed E-state index contributed by atoms with van der Waals surface area (Å²) in [5.41, 5.74) is 3.28. The zero-order chi connectivity index (χ0) is 12.3. The average Bonchev–Trinajstić information content (AvgIpc) is 2.29. The Morgan fingerprint density at radius 3 is 2.44 bits per heavy atom. The van der Waals surface area contributed by atoms with Crippen molar-refractivity contribution in [3.8, 4) is 11.8 Å². The molecule has 0 fully saturated rings. The molecule has 0 aromatic heterocycles. The second-order valence-electron chi connectivity index (χ2n) is 4.02. The molecule has 0 N–H and O–H groups in total. The highest BCUT2D eigenvalue weighted by molar-refractivity contribution is 5.59. The van der Waals surface area contributed by atoms with Crippen LogP contribution in [0.1, 0.15) is 18.1 Å². The molecule has 0 spiro atoms. The topological polar surface area (TPSA) is 36.3 Å². The van der Waals surface area contributed by atoms with Crippen LogP contribution in [-0.2, 0) is 0 Å². The molecule has 0 saturated carbocycles. The second-order valence-corrected chi connectivity index (χ2v) is 4.02. The van der Waals surface area contributed by atoms with Crippen LogP contribution in [0.15, 0.2) is 12.1 Å². The second kappa shape index (κ2) is 4.89. The fraction of sp³-hybridized carbons (Fsp3) is 0.462. The zero-order valence-corrected chi connectivity index (χ0v) is 10.5. The van der Waals surface area contributed by atoms with E-state index in [-0.39, 0.29) is 6.04 Å². The first kappa shape index (κ1) is 12.4. The van der Waals surface area contributed by atoms with Crippen LogP contribution in [0.2, 0.25) is 0 Å². The van der Waals surface area contributed by atoms with Gasteiger partial charge in [0, 0.05) is 12.7 Å². The molecule has 0 heterocycles. The molecule has 0 aliphatic carbocycles. The highest BCUT2D eigenvalue weighted by atomic mass is 16.5. The van der Waals surface area contributed by atoms with Crippen molar-refractivity contribution in [2.24, 2.45) is 0 Å². The summed E-state index contributed by atoms with van der Waals surface area (Å²) < 4.78 is 5.26. The smallest absolute Gasteiger partial charge is 0.122 e. The van der Waals surface area contributed by atoms with Gasteiger partial charge in [-0.25, -0.2) is 0 Å². The molecule has 1 rings (SSSR count). The Labute approximate surface area is 97.3 Å². The van der Waals surface area contributed by atoms with Gasteiger partial charge in [0.2, 0.25) is 0 Å². The van der Waals surface area contributed by atoms with Gasteiger partial charge in [0.25, 0.3) is 0 Å². The van der Waals surface area contributed by atoms with E-state index in [1.807, 2.05) is 38.8 Å². The molecule has 0 amide bonds. The van der Waals surface area contributed by atoms with Gasteiger partial charge in [-0.3, -0.25) is 0 Å². The Hall–Kier alpha value is -1.69. The number of nitrogens with zero attached hydrogens (tertiary/aromatic N) is 2. The normalized spacial score (nSPS) is 11.8. The molecule has 0 aliphatic heterocycles. The van der Waals surface area contributed by atoms with Crippen molar-refractivity contribution in [2.75, 3.05) is 19.1 Å². The van der Waals surface area contributed by atoms with Crippen LogP contribution in [0.25, 0.3) is 0 Å². The molecule has 0 bridgehead atoms. The summed E-state index contributed by atoms with van der Waals surface area (Å²) in [6.07, 6.45) is 0. The van der Waals surface area contributed by atoms with Gasteiger partial charge in [-0.2, -0.15) is 5.26 Å². The molecule has 0 aliphatic rings. The number of rotatable bonds is 3. The predicted octanol–water partition coefficient (Wildman–Crippen LogP) is 2.66. The fourth-order valence-electron chi connectivity index (χ4n) is 1.67. The lowest BCUT2D eigenvalue weighted by Gasteiger charge is -2.24. The standard InChI is InChI=1S/C13H18N2O/c1-9-7-13(16-5)10(2)6-12(9)15(4)11(3)8-14/h6-7,11H,1-5H3. The van der Waals surface area contributed by atoms with Gasteiger partial charge in [-0.15, -0.1) is 0 Å². The minimum Gasteiger partial charge on any atom is -0.496 e. The van der Waals surface area contributed by atoms with Crippen LogP contribution in [0.3, 0.4) is 0 Å². The van der Waals surface area contributed by atoms with E-state index in [0.29, 0.717) is 0 Å². The summed E-state index contributed by atoms with van der Waals surface area (Å²) in [7, 11) is 3.60. The molecule has 0 saturated heterocycles. The summed E-state index contributed by atoms with van der Waals surface area (Å²) in [6.45, 7) is 5.92. The first-order valence-corrected chi connectivity index (χ1v) is 5.29. The van der Waals surface area contributed by atoms with Gasteiger partial charge < -0.3 is 9.64 Å². The van der Waals surface area contributed by atoms with Crippen molar-refractivity contribution in [1.29, 1.82) is 5.26 Å². The number of hydrogen-bond acceptors (Lipinski definition) is 3. The maximum Gasteiger partial charge on any atom is 0.122 e. The third-order valence-corrected chi connectivity index (χ3v) is 2.86. The van der Waals surface area contributed by atoms with Crippen LogP contribution < -0.4 is 9.64 Å². The first-order valence-electron chi connectivity index (χ1n) is 5.29. The van der Waals surface area contributed by atoms with E-state index in [0.717, 1.165) is 22.6 Å². The largest absolute Gasteiger partial charge is 0.496 e. The van der Waals surface area contributed by atoms with Crippen molar-refractivity contribution in [2.45, 2.75) is 26.8 Å². The molecule has 3 nitrogen and oxygen atoms in total. The van der Waals surface area contributed by atoms with Crippen molar-refractivity contribution >= 4 is 5.69 Å². The van der Waals surface area contributed by atoms with Crippen LogP contribution in [0.5, 0.6) is 5.75 Å². The number of methoxy groups -OCH3 is 1. The average molecular weight is 218 g/mol. The quantitative estimate of drug-likeness (QED) is 0.782. The maximum atomic E-state index is 8.91. The monoisotopic (exact) mass is 218 g/mol. The molecular formula is C13H18N2O. The number of nitriles is 1. The molecule has 1 aromatic rings. The van der Waals surface area contributed by atoms with Gasteiger partial charge in [0.05, 0.1) is 13.2 Å². The molecule has 1 aromatic carbocycles. The highest BCUT2D eigenvalue weighted by Gasteiger charge is 2.13. The Kier molecular flexibility index (Phi) is 3.78. The van der Waals surface area contributed by atoms with Gasteiger partial charge in [-0.05, 0) is 44.0 Å². The number of benzene rings is 1. The summed E-state index contributed by atoms with van der Waals surface area (Å²) in [5, 5.41) is 8.91. The minimum absolute atomic E-state index is 0.133. The first-order chi connectivity index (χ1) is 7.51. The molecular weight excluding hydrogens is 200 g/mol. The SMILES string of the molecule is COc1cc(C)c(N(C)C(C)C#N)cc1C. The predicted molar refractivity (Wildman–Crippen MR) is 65.9 cm³/mol. The van der Waals surface area contributed by atoms with Crippen LogP contribution in [0, 0.1) is 25.2 Å². The third kappa shape index (κ3) is 2.27. The van der Waals surface area contributed by atoms with Gasteiger partial charge in [0.15, 0.2) is 0 Å². The van der Waals surface area contributed by atoms with Crippen molar-refractivity contribution in [1.82, 2.24) is 0 Å². The van der Waals surface area contributed by atoms with Crippen molar-refractivity contribution in [3.63, 3.8) is 0 Å². The number of anilines is 1. The number of ether oxygens (including phenoxy) is 1. The van der Waals surface area contributed by atoms with Gasteiger partial charge in [0.1, 0.15) is 11.8 Å². The van der Waals surface area contributed by atoms with E-state index < -0.39 is 0 Å². The molecule has 86 valence electrons. The number of aryl methyl sites for hydroxylation is 2. The number of hydrogen-bond donors (Lipinski definition) is 0. The Morgan fingerprint density at radius 1 is 1.31 bits per heavy atom. The maximum absolute atomic E-state index is 8.91. The summed E-state index contributed by atoms with van der Waals surface area (Å²) in [6, 6.07) is 6.16. The van der Waals surface area contributed by atoms with E-state index >= 15 is 0 Å². The Balaban J connectivity index is 3.16. The zero-order valence-electron chi connectivity index (χ0n) is 10.5. The van der Waals surface area contributed by atoms with Crippen molar-refractivity contribution in [3.05, 3.63) is 23.3 Å². The fourth-order valence-corrected chi connectivity index (χ4v) is 1.67. The minimum atomic E-state index is -0.133. The van der Waals surface area contributed by atoms with E-state index in [1.165, 1.54) is 0 Å². The molecule has 0 radical (unpaired) electrons. The summed E-state index contributed by atoms with van der Waals surface area (Å²) in [4.78, 5) is 1.97. The van der Waals surface area contributed by atoms with E-state index in [1.54, 1.807) is 7.11 Å². The van der Waals surface area contributed by atoms with Crippen molar-refractivity contribution < 1.29 is 4.74 Å². The van der Waals surface area contributed by atoms with E-state index in [9.17, 15) is 0 Å². The molecule has 3 heteroatoms. The Morgan fingerprint density at radius 2 is 1.94 bits per heavy atom. The van der Waals surface area contributed by atoms with Crippen LogP contribution >= 0.6 is 0 Å². The highest BCUT2D eigenvalue weighted by Crippen LogP contribution is 2.28. The van der Waals surface area contributed by atoms with Gasteiger partial charge >= 0.3 is 0 Å². The molecule has 16 heavy (non-hydrogen) atoms. The lowest BCUT2D eigenvalue weighted by atomic mass is 10.1. The summed E-state index contributed by atoms with van der Waals surface area (Å²) >= 11 is 0. The lowest BCUT2D eigenvalue weighted by molar-refractivity contribution is 0.411. The van der Waals surface area contributed by atoms with E-state index in [4.69, 9.17) is 10.00 Å². The Bertz CT molecular complexity index is 421.